The first-order chi connectivity index (χ1) is 13.5. The predicted molar refractivity (Wildman–Crippen MR) is 107 cm³/mol. The number of fused-ring (bicyclic) bond motifs is 2. The Hall–Kier alpha value is -3.15. The zero-order chi connectivity index (χ0) is 19.8. The fraction of sp³-hybridized carbons (Fsp3) is 0.318. The number of hydrogen-bond acceptors (Lipinski definition) is 3. The Morgan fingerprint density at radius 1 is 1.14 bits per heavy atom. The molecule has 1 atom stereocenters. The van der Waals surface area contributed by atoms with E-state index in [0.29, 0.717) is 24.2 Å². The van der Waals surface area contributed by atoms with Crippen LogP contribution in [-0.4, -0.2) is 41.8 Å². The van der Waals surface area contributed by atoms with E-state index >= 15 is 0 Å². The lowest BCUT2D eigenvalue weighted by atomic mass is 10.1. The fourth-order valence-corrected chi connectivity index (χ4v) is 4.06. The zero-order valence-electron chi connectivity index (χ0n) is 16.1. The molecule has 6 heteroatoms. The second-order valence-corrected chi connectivity index (χ2v) is 7.46. The van der Waals surface area contributed by atoms with Gasteiger partial charge >= 0.3 is 0 Å². The maximum absolute atomic E-state index is 13.2. The van der Waals surface area contributed by atoms with Crippen molar-refractivity contribution in [2.24, 2.45) is 0 Å². The van der Waals surface area contributed by atoms with Gasteiger partial charge in [0, 0.05) is 12.2 Å². The van der Waals surface area contributed by atoms with Gasteiger partial charge in [-0.2, -0.15) is 0 Å². The van der Waals surface area contributed by atoms with Crippen molar-refractivity contribution >= 4 is 29.1 Å². The molecule has 2 aromatic rings. The Morgan fingerprint density at radius 2 is 1.93 bits per heavy atom. The quantitative estimate of drug-likeness (QED) is 0.894. The summed E-state index contributed by atoms with van der Waals surface area (Å²) in [7, 11) is 0. The predicted octanol–water partition coefficient (Wildman–Crippen LogP) is 2.89. The van der Waals surface area contributed by atoms with Gasteiger partial charge in [0.25, 0.3) is 5.91 Å². The largest absolute Gasteiger partial charge is 0.327 e. The van der Waals surface area contributed by atoms with E-state index in [1.807, 2.05) is 32.0 Å². The van der Waals surface area contributed by atoms with Gasteiger partial charge in [0.2, 0.25) is 11.8 Å². The summed E-state index contributed by atoms with van der Waals surface area (Å²) in [6.45, 7) is 4.38. The van der Waals surface area contributed by atoms with Gasteiger partial charge in [-0.1, -0.05) is 29.8 Å². The van der Waals surface area contributed by atoms with Crippen molar-refractivity contribution in [1.29, 1.82) is 0 Å². The smallest absolute Gasteiger partial charge is 0.256 e. The highest BCUT2D eigenvalue weighted by atomic mass is 16.2. The van der Waals surface area contributed by atoms with Gasteiger partial charge in [0.05, 0.1) is 11.3 Å². The lowest BCUT2D eigenvalue weighted by Gasteiger charge is -2.25. The summed E-state index contributed by atoms with van der Waals surface area (Å²) in [4.78, 5) is 42.0. The van der Waals surface area contributed by atoms with Crippen molar-refractivity contribution in [3.63, 3.8) is 0 Å². The molecule has 2 aliphatic rings. The third kappa shape index (κ3) is 3.15. The van der Waals surface area contributed by atoms with Gasteiger partial charge in [-0.05, 0) is 50.5 Å². The second-order valence-electron chi connectivity index (χ2n) is 7.46. The summed E-state index contributed by atoms with van der Waals surface area (Å²) in [6.07, 6.45) is 1.43. The van der Waals surface area contributed by atoms with Crippen molar-refractivity contribution in [2.75, 3.05) is 23.3 Å². The van der Waals surface area contributed by atoms with Crippen LogP contribution in [0, 0.1) is 13.8 Å². The summed E-state index contributed by atoms with van der Waals surface area (Å²) >= 11 is 0. The number of nitrogens with one attached hydrogen (secondary N) is 1. The van der Waals surface area contributed by atoms with Crippen LogP contribution in [0.4, 0.5) is 11.4 Å². The minimum Gasteiger partial charge on any atom is -0.327 e. The molecule has 6 nitrogen and oxygen atoms in total. The molecule has 1 saturated heterocycles. The first kappa shape index (κ1) is 18.2. The van der Waals surface area contributed by atoms with Crippen LogP contribution in [0.25, 0.3) is 0 Å². The standard InChI is InChI=1S/C22H23N3O3/c1-14-9-10-17(15(2)12-14)23-20(26)13-25-18-7-4-3-6-16(18)21(27)24-11-5-8-19(24)22(25)28/h3-4,6-7,9-10,12,19H,5,8,11,13H2,1-2H3,(H,23,26)/t19-/m0/s1. The molecule has 0 spiro atoms. The summed E-state index contributed by atoms with van der Waals surface area (Å²) < 4.78 is 0. The topological polar surface area (TPSA) is 69.7 Å². The molecule has 0 saturated carbocycles. The molecule has 28 heavy (non-hydrogen) atoms. The van der Waals surface area contributed by atoms with Crippen molar-refractivity contribution in [3.8, 4) is 0 Å². The molecule has 2 heterocycles. The number of benzene rings is 2. The average molecular weight is 377 g/mol. The Balaban J connectivity index is 1.63. The third-order valence-corrected chi connectivity index (χ3v) is 5.45. The first-order valence-corrected chi connectivity index (χ1v) is 9.54. The number of anilines is 2. The third-order valence-electron chi connectivity index (χ3n) is 5.45. The number of carbonyl (C=O) groups is 3. The normalized spacial score (nSPS) is 18.6. The van der Waals surface area contributed by atoms with Crippen LogP contribution in [0.5, 0.6) is 0 Å². The van der Waals surface area contributed by atoms with E-state index in [-0.39, 0.29) is 24.3 Å². The molecule has 1 fully saturated rings. The number of rotatable bonds is 3. The first-order valence-electron chi connectivity index (χ1n) is 9.54. The Labute approximate surface area is 164 Å². The molecule has 0 radical (unpaired) electrons. The van der Waals surface area contributed by atoms with E-state index in [4.69, 9.17) is 0 Å². The van der Waals surface area contributed by atoms with Crippen LogP contribution >= 0.6 is 0 Å². The molecule has 0 aliphatic carbocycles. The van der Waals surface area contributed by atoms with E-state index in [2.05, 4.69) is 5.32 Å². The highest BCUT2D eigenvalue weighted by molar-refractivity contribution is 6.13. The number of amides is 3. The summed E-state index contributed by atoms with van der Waals surface area (Å²) in [5.41, 5.74) is 3.78. The van der Waals surface area contributed by atoms with E-state index < -0.39 is 6.04 Å². The molecular weight excluding hydrogens is 354 g/mol. The number of nitrogens with zero attached hydrogens (tertiary/aromatic N) is 2. The number of para-hydroxylation sites is 1. The highest BCUT2D eigenvalue weighted by Gasteiger charge is 2.42. The lowest BCUT2D eigenvalue weighted by Crippen LogP contribution is -2.47. The molecule has 0 aromatic heterocycles. The molecule has 1 N–H and O–H groups in total. The van der Waals surface area contributed by atoms with Gasteiger partial charge in [0.15, 0.2) is 0 Å². The lowest BCUT2D eigenvalue weighted by molar-refractivity contribution is -0.124. The van der Waals surface area contributed by atoms with Gasteiger partial charge in [-0.3, -0.25) is 14.4 Å². The maximum atomic E-state index is 13.2. The molecule has 2 aliphatic heterocycles. The Bertz CT molecular complexity index is 969. The van der Waals surface area contributed by atoms with Crippen LogP contribution in [0.2, 0.25) is 0 Å². The van der Waals surface area contributed by atoms with E-state index in [0.717, 1.165) is 23.2 Å². The summed E-state index contributed by atoms with van der Waals surface area (Å²) in [5.74, 6) is -0.607. The summed E-state index contributed by atoms with van der Waals surface area (Å²) in [6, 6.07) is 12.3. The molecule has 2 aromatic carbocycles. The van der Waals surface area contributed by atoms with Crippen LogP contribution < -0.4 is 10.2 Å². The fourth-order valence-electron chi connectivity index (χ4n) is 4.06. The van der Waals surface area contributed by atoms with Crippen LogP contribution in [0.3, 0.4) is 0 Å². The molecule has 3 amide bonds. The second kappa shape index (κ2) is 7.11. The summed E-state index contributed by atoms with van der Waals surface area (Å²) in [5, 5.41) is 2.90. The molecule has 0 unspecified atom stereocenters. The molecular formula is C22H23N3O3. The molecule has 0 bridgehead atoms. The number of carbonyl (C=O) groups excluding carboxylic acids is 3. The maximum Gasteiger partial charge on any atom is 0.256 e. The Morgan fingerprint density at radius 3 is 2.71 bits per heavy atom. The Kier molecular flexibility index (Phi) is 4.63. The SMILES string of the molecule is Cc1ccc(NC(=O)CN2C(=O)[C@@H]3CCCN3C(=O)c3ccccc32)c(C)c1. The minimum atomic E-state index is -0.492. The molecule has 4 rings (SSSR count). The van der Waals surface area contributed by atoms with Crippen LogP contribution in [0.15, 0.2) is 42.5 Å². The van der Waals surface area contributed by atoms with Crippen molar-refractivity contribution < 1.29 is 14.4 Å². The van der Waals surface area contributed by atoms with Crippen LogP contribution in [-0.2, 0) is 9.59 Å². The number of aryl methyl sites for hydroxylation is 2. The van der Waals surface area contributed by atoms with Gasteiger partial charge in [-0.15, -0.1) is 0 Å². The van der Waals surface area contributed by atoms with E-state index in [1.165, 1.54) is 4.90 Å². The number of hydrogen-bond donors (Lipinski definition) is 1. The van der Waals surface area contributed by atoms with E-state index in [9.17, 15) is 14.4 Å². The van der Waals surface area contributed by atoms with E-state index in [1.54, 1.807) is 29.2 Å². The van der Waals surface area contributed by atoms with Crippen molar-refractivity contribution in [1.82, 2.24) is 4.90 Å². The average Bonchev–Trinajstić information content (AvgIpc) is 3.14. The van der Waals surface area contributed by atoms with Gasteiger partial charge in [0.1, 0.15) is 12.6 Å². The highest BCUT2D eigenvalue weighted by Crippen LogP contribution is 2.32. The van der Waals surface area contributed by atoms with Crippen molar-refractivity contribution in [3.05, 3.63) is 59.2 Å². The zero-order valence-corrected chi connectivity index (χ0v) is 16.1. The monoisotopic (exact) mass is 377 g/mol. The van der Waals surface area contributed by atoms with Gasteiger partial charge < -0.3 is 15.1 Å². The van der Waals surface area contributed by atoms with Crippen molar-refractivity contribution in [2.45, 2.75) is 32.7 Å². The van der Waals surface area contributed by atoms with Gasteiger partial charge in [-0.25, -0.2) is 0 Å². The van der Waals surface area contributed by atoms with Crippen LogP contribution in [0.1, 0.15) is 34.3 Å². The molecule has 144 valence electrons. The minimum absolute atomic E-state index is 0.124.